The van der Waals surface area contributed by atoms with Crippen LogP contribution in [0, 0.1) is 0 Å². The average molecular weight is 201 g/mol. The van der Waals surface area contributed by atoms with E-state index in [0.717, 1.165) is 22.5 Å². The van der Waals surface area contributed by atoms with Crippen LogP contribution in [-0.4, -0.2) is 20.7 Å². The Bertz CT molecular complexity index is 309. The molecule has 0 spiro atoms. The summed E-state index contributed by atoms with van der Waals surface area (Å²) in [7, 11) is 0. The Labute approximate surface area is 81.3 Å². The zero-order valence-corrected chi connectivity index (χ0v) is 8.24. The number of hydrogen-bond acceptors (Lipinski definition) is 2. The molecule has 0 aromatic carbocycles. The lowest BCUT2D eigenvalue weighted by Crippen LogP contribution is -2.25. The van der Waals surface area contributed by atoms with E-state index in [1.54, 1.807) is 0 Å². The molecule has 1 aromatic rings. The topological polar surface area (TPSA) is 21.1 Å². The minimum atomic E-state index is -2.52. The molecule has 2 heterocycles. The van der Waals surface area contributed by atoms with Gasteiger partial charge < -0.3 is 0 Å². The van der Waals surface area contributed by atoms with Gasteiger partial charge in [-0.25, -0.2) is 4.68 Å². The molecule has 0 fully saturated rings. The van der Waals surface area contributed by atoms with Crippen LogP contribution in [0.3, 0.4) is 0 Å². The maximum atomic E-state index is 12.3. The summed E-state index contributed by atoms with van der Waals surface area (Å²) in [5.41, 5.74) is 1.72. The Kier molecular flexibility index (Phi) is 2.26. The number of rotatable bonds is 2. The van der Waals surface area contributed by atoms with Crippen LogP contribution in [0.4, 0.5) is 8.78 Å². The van der Waals surface area contributed by atoms with Crippen molar-refractivity contribution in [3.8, 4) is 0 Å². The van der Waals surface area contributed by atoms with E-state index in [-0.39, 0.29) is 0 Å². The van der Waals surface area contributed by atoms with Gasteiger partial charge in [-0.05, 0) is 13.8 Å². The van der Waals surface area contributed by atoms with Crippen molar-refractivity contribution >= 4 is 0 Å². The number of halogens is 2. The first-order chi connectivity index (χ1) is 6.58. The summed E-state index contributed by atoms with van der Waals surface area (Å²) in [4.78, 5) is 2.20. The SMILES string of the molecule is CC(C)N1Cc2cn(C(F)F)nc2C1. The monoisotopic (exact) mass is 201 g/mol. The van der Waals surface area contributed by atoms with Crippen LogP contribution in [0.5, 0.6) is 0 Å². The quantitative estimate of drug-likeness (QED) is 0.729. The van der Waals surface area contributed by atoms with Gasteiger partial charge in [0.2, 0.25) is 0 Å². The van der Waals surface area contributed by atoms with E-state index in [2.05, 4.69) is 23.8 Å². The molecule has 0 amide bonds. The second-order valence-corrected chi connectivity index (χ2v) is 3.86. The molecule has 0 unspecified atom stereocenters. The molecule has 3 nitrogen and oxygen atoms in total. The third kappa shape index (κ3) is 1.52. The first-order valence-corrected chi connectivity index (χ1v) is 4.67. The fraction of sp³-hybridized carbons (Fsp3) is 0.667. The van der Waals surface area contributed by atoms with Gasteiger partial charge in [0, 0.05) is 30.9 Å². The van der Waals surface area contributed by atoms with E-state index in [1.807, 2.05) is 0 Å². The fourth-order valence-electron chi connectivity index (χ4n) is 1.66. The molecule has 0 radical (unpaired) electrons. The number of nitrogens with zero attached hydrogens (tertiary/aromatic N) is 3. The van der Waals surface area contributed by atoms with Gasteiger partial charge >= 0.3 is 6.55 Å². The lowest BCUT2D eigenvalue weighted by Gasteiger charge is -2.19. The standard InChI is InChI=1S/C9H13F2N3/c1-6(2)13-3-7-4-14(9(10)11)12-8(7)5-13/h4,6,9H,3,5H2,1-2H3. The van der Waals surface area contributed by atoms with Gasteiger partial charge in [-0.15, -0.1) is 0 Å². The lowest BCUT2D eigenvalue weighted by molar-refractivity contribution is 0.0550. The van der Waals surface area contributed by atoms with Crippen LogP contribution in [0.1, 0.15) is 31.7 Å². The van der Waals surface area contributed by atoms with Gasteiger partial charge in [0.15, 0.2) is 0 Å². The van der Waals surface area contributed by atoms with E-state index in [4.69, 9.17) is 0 Å². The predicted molar refractivity (Wildman–Crippen MR) is 47.9 cm³/mol. The van der Waals surface area contributed by atoms with Crippen molar-refractivity contribution in [2.75, 3.05) is 0 Å². The maximum Gasteiger partial charge on any atom is 0.333 e. The van der Waals surface area contributed by atoms with E-state index in [0.29, 0.717) is 12.6 Å². The summed E-state index contributed by atoms with van der Waals surface area (Å²) in [5.74, 6) is 0. The molecule has 0 bridgehead atoms. The van der Waals surface area contributed by atoms with E-state index in [9.17, 15) is 8.78 Å². The van der Waals surface area contributed by atoms with E-state index < -0.39 is 6.55 Å². The summed E-state index contributed by atoms with van der Waals surface area (Å²) in [6.07, 6.45) is 1.45. The van der Waals surface area contributed by atoms with Gasteiger partial charge in [0.1, 0.15) is 0 Å². The van der Waals surface area contributed by atoms with Crippen LogP contribution in [-0.2, 0) is 13.1 Å². The molecule has 5 heteroatoms. The van der Waals surface area contributed by atoms with Crippen molar-refractivity contribution in [1.82, 2.24) is 14.7 Å². The Balaban J connectivity index is 2.16. The largest absolute Gasteiger partial charge is 0.333 e. The number of fused-ring (bicyclic) bond motifs is 1. The minimum Gasteiger partial charge on any atom is -0.291 e. The molecule has 14 heavy (non-hydrogen) atoms. The van der Waals surface area contributed by atoms with Crippen molar-refractivity contribution < 1.29 is 8.78 Å². The van der Waals surface area contributed by atoms with Gasteiger partial charge in [0.25, 0.3) is 0 Å². The van der Waals surface area contributed by atoms with Gasteiger partial charge in [-0.2, -0.15) is 13.9 Å². The fourth-order valence-corrected chi connectivity index (χ4v) is 1.66. The molecule has 2 rings (SSSR count). The first-order valence-electron chi connectivity index (χ1n) is 4.67. The number of aromatic nitrogens is 2. The van der Waals surface area contributed by atoms with Crippen molar-refractivity contribution in [3.05, 3.63) is 17.5 Å². The Hall–Kier alpha value is -0.970. The maximum absolute atomic E-state index is 12.3. The summed E-state index contributed by atoms with van der Waals surface area (Å²) in [6.45, 7) is 3.08. The molecule has 0 saturated heterocycles. The van der Waals surface area contributed by atoms with Crippen molar-refractivity contribution in [1.29, 1.82) is 0 Å². The van der Waals surface area contributed by atoms with Gasteiger partial charge in [-0.1, -0.05) is 0 Å². The van der Waals surface area contributed by atoms with Crippen LogP contribution >= 0.6 is 0 Å². The van der Waals surface area contributed by atoms with Crippen molar-refractivity contribution in [2.24, 2.45) is 0 Å². The zero-order chi connectivity index (χ0) is 10.3. The Morgan fingerprint density at radius 1 is 1.36 bits per heavy atom. The van der Waals surface area contributed by atoms with Crippen LogP contribution < -0.4 is 0 Å². The molecule has 1 aromatic heterocycles. The molecule has 0 atom stereocenters. The second kappa shape index (κ2) is 3.31. The van der Waals surface area contributed by atoms with Crippen molar-refractivity contribution in [2.45, 2.75) is 39.5 Å². The highest BCUT2D eigenvalue weighted by atomic mass is 19.3. The van der Waals surface area contributed by atoms with E-state index in [1.165, 1.54) is 6.20 Å². The van der Waals surface area contributed by atoms with Crippen molar-refractivity contribution in [3.63, 3.8) is 0 Å². The normalized spacial score (nSPS) is 17.0. The highest BCUT2D eigenvalue weighted by Gasteiger charge is 2.25. The first kappa shape index (κ1) is 9.58. The summed E-state index contributed by atoms with van der Waals surface area (Å²) in [6, 6.07) is 0.434. The highest BCUT2D eigenvalue weighted by molar-refractivity contribution is 5.21. The molecule has 0 aliphatic carbocycles. The van der Waals surface area contributed by atoms with Crippen LogP contribution in [0.25, 0.3) is 0 Å². The third-order valence-electron chi connectivity index (χ3n) is 2.55. The summed E-state index contributed by atoms with van der Waals surface area (Å²) in [5, 5.41) is 3.85. The molecule has 1 aliphatic rings. The van der Waals surface area contributed by atoms with Gasteiger partial charge in [-0.3, -0.25) is 4.90 Å². The zero-order valence-electron chi connectivity index (χ0n) is 8.24. The molecule has 0 saturated carbocycles. The predicted octanol–water partition coefficient (Wildman–Crippen LogP) is 2.00. The third-order valence-corrected chi connectivity index (χ3v) is 2.55. The number of hydrogen-bond donors (Lipinski definition) is 0. The molecule has 78 valence electrons. The van der Waals surface area contributed by atoms with Crippen LogP contribution in [0.2, 0.25) is 0 Å². The highest BCUT2D eigenvalue weighted by Crippen LogP contribution is 2.24. The van der Waals surface area contributed by atoms with Gasteiger partial charge in [0.05, 0.1) is 5.69 Å². The average Bonchev–Trinajstić information content (AvgIpc) is 2.57. The molecular weight excluding hydrogens is 188 g/mol. The molecule has 0 N–H and O–H groups in total. The lowest BCUT2D eigenvalue weighted by atomic mass is 10.3. The number of alkyl halides is 2. The van der Waals surface area contributed by atoms with E-state index >= 15 is 0 Å². The summed E-state index contributed by atoms with van der Waals surface area (Å²) < 4.78 is 25.3. The second-order valence-electron chi connectivity index (χ2n) is 3.86. The Morgan fingerprint density at radius 3 is 2.57 bits per heavy atom. The smallest absolute Gasteiger partial charge is 0.291 e. The Morgan fingerprint density at radius 2 is 2.07 bits per heavy atom. The molecular formula is C9H13F2N3. The van der Waals surface area contributed by atoms with Crippen LogP contribution in [0.15, 0.2) is 6.20 Å². The molecule has 1 aliphatic heterocycles. The minimum absolute atomic E-state index is 0.434. The summed E-state index contributed by atoms with van der Waals surface area (Å²) >= 11 is 0.